The van der Waals surface area contributed by atoms with Crippen molar-refractivity contribution in [2.75, 3.05) is 0 Å². The van der Waals surface area contributed by atoms with Crippen LogP contribution in [0.25, 0.3) is 17.0 Å². The van der Waals surface area contributed by atoms with Crippen molar-refractivity contribution in [1.82, 2.24) is 20.4 Å². The lowest BCUT2D eigenvalue weighted by molar-refractivity contribution is 0.396. The second-order valence-corrected chi connectivity index (χ2v) is 8.76. The number of benzene rings is 3. The van der Waals surface area contributed by atoms with E-state index in [0.29, 0.717) is 34.0 Å². The molecular formula is C26H20ClFN4OS. The van der Waals surface area contributed by atoms with Gasteiger partial charge in [0.05, 0.1) is 11.6 Å². The van der Waals surface area contributed by atoms with Crippen LogP contribution in [-0.4, -0.2) is 20.2 Å². The second kappa shape index (κ2) is 9.37. The van der Waals surface area contributed by atoms with E-state index in [1.807, 2.05) is 60.4 Å². The Bertz CT molecular complexity index is 1370. The molecule has 170 valence electrons. The van der Waals surface area contributed by atoms with Crippen LogP contribution in [0.15, 0.2) is 89.1 Å². The molecule has 34 heavy (non-hydrogen) atoms. The van der Waals surface area contributed by atoms with E-state index in [9.17, 15) is 4.39 Å². The van der Waals surface area contributed by atoms with Crippen LogP contribution in [-0.2, 0) is 6.54 Å². The van der Waals surface area contributed by atoms with Crippen molar-refractivity contribution < 1.29 is 8.91 Å². The third-order valence-corrected chi connectivity index (χ3v) is 6.31. The Labute approximate surface area is 206 Å². The number of halogens is 2. The first kappa shape index (κ1) is 22.3. The Kier molecular flexibility index (Phi) is 6.13. The van der Waals surface area contributed by atoms with Gasteiger partial charge in [-0.1, -0.05) is 59.2 Å². The zero-order valence-corrected chi connectivity index (χ0v) is 19.8. The molecule has 0 saturated carbocycles. The fraction of sp³-hybridized carbons (Fsp3) is 0.115. The topological polar surface area (TPSA) is 54.2 Å². The average molecular weight is 491 g/mol. The first-order valence-electron chi connectivity index (χ1n) is 10.7. The summed E-state index contributed by atoms with van der Waals surface area (Å²) in [5, 5.41) is 8.70. The zero-order chi connectivity index (χ0) is 23.7. The van der Waals surface area contributed by atoms with Crippen molar-refractivity contribution in [3.8, 4) is 11.4 Å². The van der Waals surface area contributed by atoms with Crippen LogP contribution in [0.1, 0.15) is 30.0 Å². The number of nitrogens with zero attached hydrogens (tertiary/aromatic N) is 3. The molecule has 0 saturated heterocycles. The average Bonchev–Trinajstić information content (AvgIpc) is 3.32. The highest BCUT2D eigenvalue weighted by Gasteiger charge is 2.34. The predicted octanol–water partition coefficient (Wildman–Crippen LogP) is 6.39. The van der Waals surface area contributed by atoms with Gasteiger partial charge in [-0.15, -0.1) is 0 Å². The Hall–Kier alpha value is -3.55. The smallest absolute Gasteiger partial charge is 0.258 e. The molecule has 3 aromatic carbocycles. The highest BCUT2D eigenvalue weighted by molar-refractivity contribution is 7.80. The molecule has 0 fully saturated rings. The maximum Gasteiger partial charge on any atom is 0.258 e. The molecule has 1 aliphatic heterocycles. The number of allylic oxidation sites excluding steroid dienone is 1. The van der Waals surface area contributed by atoms with Gasteiger partial charge in [0.1, 0.15) is 5.82 Å². The molecule has 5 nitrogen and oxygen atoms in total. The molecule has 1 N–H and O–H groups in total. The predicted molar refractivity (Wildman–Crippen MR) is 134 cm³/mol. The summed E-state index contributed by atoms with van der Waals surface area (Å²) in [5.41, 5.74) is 4.18. The van der Waals surface area contributed by atoms with Crippen molar-refractivity contribution in [2.24, 2.45) is 0 Å². The number of nitrogens with one attached hydrogen (secondary N) is 1. The summed E-state index contributed by atoms with van der Waals surface area (Å²) in [4.78, 5) is 6.65. The largest absolute Gasteiger partial charge is 0.351 e. The second-order valence-electron chi connectivity index (χ2n) is 7.94. The summed E-state index contributed by atoms with van der Waals surface area (Å²) >= 11 is 11.7. The molecule has 2 heterocycles. The van der Waals surface area contributed by atoms with Gasteiger partial charge in [0.2, 0.25) is 5.82 Å². The summed E-state index contributed by atoms with van der Waals surface area (Å²) in [6, 6.07) is 23.2. The maximum atomic E-state index is 14.1. The summed E-state index contributed by atoms with van der Waals surface area (Å²) in [5.74, 6) is 0.443. The number of hydrogen-bond acceptors (Lipinski definition) is 4. The quantitative estimate of drug-likeness (QED) is 0.327. The lowest BCUT2D eigenvalue weighted by Crippen LogP contribution is -2.45. The van der Waals surface area contributed by atoms with Crippen LogP contribution in [0.4, 0.5) is 4.39 Å². The van der Waals surface area contributed by atoms with Gasteiger partial charge in [0.25, 0.3) is 5.89 Å². The van der Waals surface area contributed by atoms with E-state index < -0.39 is 6.04 Å². The minimum absolute atomic E-state index is 0.332. The van der Waals surface area contributed by atoms with Crippen LogP contribution in [0.5, 0.6) is 0 Å². The van der Waals surface area contributed by atoms with Crippen molar-refractivity contribution >= 4 is 34.5 Å². The summed E-state index contributed by atoms with van der Waals surface area (Å²) in [6.07, 6.45) is 0. The molecule has 1 aliphatic rings. The molecular weight excluding hydrogens is 471 g/mol. The number of aromatic nitrogens is 2. The van der Waals surface area contributed by atoms with E-state index in [-0.39, 0.29) is 5.82 Å². The lowest BCUT2D eigenvalue weighted by Gasteiger charge is -2.37. The molecule has 1 unspecified atom stereocenters. The molecule has 0 bridgehead atoms. The fourth-order valence-corrected chi connectivity index (χ4v) is 4.45. The van der Waals surface area contributed by atoms with Crippen molar-refractivity contribution in [2.45, 2.75) is 19.5 Å². The Morgan fingerprint density at radius 1 is 1.06 bits per heavy atom. The fourth-order valence-electron chi connectivity index (χ4n) is 4.00. The summed E-state index contributed by atoms with van der Waals surface area (Å²) in [7, 11) is 0. The highest BCUT2D eigenvalue weighted by atomic mass is 35.5. The number of thiocarbonyl (C=S) groups is 1. The molecule has 5 rings (SSSR count). The van der Waals surface area contributed by atoms with Gasteiger partial charge in [-0.2, -0.15) is 4.98 Å². The number of hydrogen-bond donors (Lipinski definition) is 1. The molecule has 0 amide bonds. The van der Waals surface area contributed by atoms with Crippen LogP contribution in [0, 0.1) is 5.82 Å². The SMILES string of the molecule is CC1=C(c2nc(-c3ccc(Cl)cc3)no2)C(c2cccc(F)c2)NC(=S)N1Cc1ccccc1. The Morgan fingerprint density at radius 2 is 1.82 bits per heavy atom. The Balaban J connectivity index is 1.60. The van der Waals surface area contributed by atoms with Crippen LogP contribution >= 0.6 is 23.8 Å². The molecule has 4 aromatic rings. The normalized spacial score (nSPS) is 16.0. The van der Waals surface area contributed by atoms with E-state index in [4.69, 9.17) is 28.3 Å². The van der Waals surface area contributed by atoms with Crippen LogP contribution in [0.2, 0.25) is 5.02 Å². The molecule has 0 radical (unpaired) electrons. The first-order chi connectivity index (χ1) is 16.5. The standard InChI is InChI=1S/C26H20ClFN4OS/c1-16-22(25-30-24(31-33-25)18-10-12-20(27)13-11-18)23(19-8-5-9-21(28)14-19)29-26(34)32(16)15-17-6-3-2-4-7-17/h2-14,23H,15H2,1H3,(H,29,34). The van der Waals surface area contributed by atoms with Gasteiger partial charge in [-0.3, -0.25) is 0 Å². The summed E-state index contributed by atoms with van der Waals surface area (Å²) in [6.45, 7) is 2.53. The zero-order valence-electron chi connectivity index (χ0n) is 18.2. The molecule has 0 spiro atoms. The number of rotatable bonds is 5. The van der Waals surface area contributed by atoms with Crippen molar-refractivity contribution in [1.29, 1.82) is 0 Å². The van der Waals surface area contributed by atoms with Gasteiger partial charge in [-0.25, -0.2) is 4.39 Å². The monoisotopic (exact) mass is 490 g/mol. The third-order valence-electron chi connectivity index (χ3n) is 5.72. The molecule has 8 heteroatoms. The van der Waals surface area contributed by atoms with E-state index in [1.54, 1.807) is 18.2 Å². The highest BCUT2D eigenvalue weighted by Crippen LogP contribution is 2.38. The minimum atomic E-state index is -0.450. The maximum absolute atomic E-state index is 14.1. The van der Waals surface area contributed by atoms with E-state index in [2.05, 4.69) is 15.5 Å². The molecule has 0 aliphatic carbocycles. The first-order valence-corrected chi connectivity index (χ1v) is 11.5. The van der Waals surface area contributed by atoms with Gasteiger partial charge in [-0.05, 0) is 66.7 Å². The van der Waals surface area contributed by atoms with Crippen molar-refractivity contribution in [3.63, 3.8) is 0 Å². The van der Waals surface area contributed by atoms with E-state index in [0.717, 1.165) is 22.4 Å². The minimum Gasteiger partial charge on any atom is -0.351 e. The molecule has 1 aromatic heterocycles. The van der Waals surface area contributed by atoms with Crippen LogP contribution < -0.4 is 5.32 Å². The van der Waals surface area contributed by atoms with E-state index >= 15 is 0 Å². The third kappa shape index (κ3) is 4.44. The van der Waals surface area contributed by atoms with Gasteiger partial charge in [0.15, 0.2) is 5.11 Å². The van der Waals surface area contributed by atoms with Crippen LogP contribution in [0.3, 0.4) is 0 Å². The Morgan fingerprint density at radius 3 is 2.56 bits per heavy atom. The van der Waals surface area contributed by atoms with Crippen molar-refractivity contribution in [3.05, 3.63) is 112 Å². The summed E-state index contributed by atoms with van der Waals surface area (Å²) < 4.78 is 19.8. The molecule has 1 atom stereocenters. The van der Waals surface area contributed by atoms with E-state index in [1.165, 1.54) is 12.1 Å². The lowest BCUT2D eigenvalue weighted by atomic mass is 9.94. The van der Waals surface area contributed by atoms with Gasteiger partial charge in [0, 0.05) is 22.8 Å². The van der Waals surface area contributed by atoms with Gasteiger partial charge < -0.3 is 14.7 Å². The van der Waals surface area contributed by atoms with Gasteiger partial charge >= 0.3 is 0 Å².